The van der Waals surface area contributed by atoms with E-state index in [1.54, 1.807) is 18.7 Å². The molecule has 8 nitrogen and oxygen atoms in total. The second-order valence-corrected chi connectivity index (χ2v) is 4.35. The fourth-order valence-corrected chi connectivity index (χ4v) is 1.66. The second-order valence-electron chi connectivity index (χ2n) is 4.35. The van der Waals surface area contributed by atoms with Gasteiger partial charge in [0.2, 0.25) is 6.20 Å². The van der Waals surface area contributed by atoms with Crippen LogP contribution < -0.4 is 11.8 Å². The van der Waals surface area contributed by atoms with Gasteiger partial charge in [-0.25, -0.2) is 9.59 Å². The van der Waals surface area contributed by atoms with E-state index in [1.165, 1.54) is 0 Å². The lowest BCUT2D eigenvalue weighted by atomic mass is 10.4. The number of quaternary nitrogens is 1. The summed E-state index contributed by atoms with van der Waals surface area (Å²) in [4.78, 5) is 30.9. The maximum absolute atomic E-state index is 11.3. The molecule has 1 aliphatic rings. The first-order valence-corrected chi connectivity index (χ1v) is 5.41. The standard InChI is InChI=1S/C10H18N4O4/c1-8(2)13-3-4-14(7-13,5-9(15)17-11)6-10(16)18-12/h3-4,7-8H,5-6,11-12H2,1-2H3/q+2. The number of nitrogens with two attached hydrogens (primary N) is 2. The molecule has 4 N–H and O–H groups in total. The molecule has 0 aromatic carbocycles. The summed E-state index contributed by atoms with van der Waals surface area (Å²) in [6, 6.07) is 0.198. The minimum absolute atomic E-state index is 0.0652. The van der Waals surface area contributed by atoms with Crippen molar-refractivity contribution >= 4 is 18.3 Å². The van der Waals surface area contributed by atoms with E-state index in [9.17, 15) is 9.59 Å². The van der Waals surface area contributed by atoms with E-state index in [0.29, 0.717) is 0 Å². The summed E-state index contributed by atoms with van der Waals surface area (Å²) in [5.41, 5.74) is 0. The van der Waals surface area contributed by atoms with Gasteiger partial charge in [0.15, 0.2) is 25.3 Å². The Morgan fingerprint density at radius 3 is 2.06 bits per heavy atom. The number of carbonyl (C=O) groups is 2. The molecule has 8 heteroatoms. The molecule has 0 spiro atoms. The van der Waals surface area contributed by atoms with Gasteiger partial charge in [-0.2, -0.15) is 20.9 Å². The number of rotatable bonds is 5. The molecule has 18 heavy (non-hydrogen) atoms. The molecule has 0 bridgehead atoms. The van der Waals surface area contributed by atoms with Gasteiger partial charge in [-0.3, -0.25) is 0 Å². The van der Waals surface area contributed by atoms with Crippen LogP contribution in [0.15, 0.2) is 12.4 Å². The Labute approximate surface area is 105 Å². The molecule has 0 fully saturated rings. The maximum atomic E-state index is 11.3. The molecule has 0 saturated heterocycles. The molecule has 0 aromatic rings. The summed E-state index contributed by atoms with van der Waals surface area (Å²) < 4.78 is 1.80. The monoisotopic (exact) mass is 258 g/mol. The van der Waals surface area contributed by atoms with Crippen molar-refractivity contribution in [1.29, 1.82) is 0 Å². The quantitative estimate of drug-likeness (QED) is 0.355. The van der Waals surface area contributed by atoms with Crippen molar-refractivity contribution in [3.8, 4) is 0 Å². The molecule has 0 aromatic heterocycles. The molecule has 100 valence electrons. The Morgan fingerprint density at radius 1 is 1.22 bits per heavy atom. The first-order valence-electron chi connectivity index (χ1n) is 5.41. The molecule has 0 amide bonds. The Morgan fingerprint density at radius 2 is 1.72 bits per heavy atom. The molecular weight excluding hydrogens is 240 g/mol. The first-order chi connectivity index (χ1) is 8.42. The zero-order chi connectivity index (χ0) is 13.8. The Bertz CT molecular complexity index is 385. The summed E-state index contributed by atoms with van der Waals surface area (Å²) in [5, 5.41) is 0. The predicted molar refractivity (Wildman–Crippen MR) is 61.2 cm³/mol. The Hall–Kier alpha value is -1.77. The number of hydrogen-bond acceptors (Lipinski definition) is 6. The zero-order valence-electron chi connectivity index (χ0n) is 10.4. The van der Waals surface area contributed by atoms with Gasteiger partial charge in [0, 0.05) is 0 Å². The van der Waals surface area contributed by atoms with E-state index in [0.717, 1.165) is 0 Å². The van der Waals surface area contributed by atoms with E-state index >= 15 is 0 Å². The fourth-order valence-electron chi connectivity index (χ4n) is 1.66. The molecule has 0 saturated carbocycles. The van der Waals surface area contributed by atoms with Crippen molar-refractivity contribution in [2.45, 2.75) is 19.9 Å². The summed E-state index contributed by atoms with van der Waals surface area (Å²) in [6.07, 6.45) is 5.19. The minimum Gasteiger partial charge on any atom is -0.369 e. The smallest absolute Gasteiger partial charge is 0.369 e. The van der Waals surface area contributed by atoms with Crippen LogP contribution >= 0.6 is 0 Å². The van der Waals surface area contributed by atoms with Gasteiger partial charge in [-0.15, -0.1) is 0 Å². The van der Waals surface area contributed by atoms with Crippen LogP contribution in [-0.2, 0) is 19.3 Å². The van der Waals surface area contributed by atoms with E-state index in [-0.39, 0.29) is 23.6 Å². The Kier molecular flexibility index (Phi) is 4.54. The van der Waals surface area contributed by atoms with Crippen LogP contribution in [0.3, 0.4) is 0 Å². The van der Waals surface area contributed by atoms with E-state index in [2.05, 4.69) is 9.68 Å². The highest BCUT2D eigenvalue weighted by Crippen LogP contribution is 2.13. The summed E-state index contributed by atoms with van der Waals surface area (Å²) >= 11 is 0. The third-order valence-corrected chi connectivity index (χ3v) is 2.61. The highest BCUT2D eigenvalue weighted by molar-refractivity contribution is 5.75. The van der Waals surface area contributed by atoms with Gasteiger partial charge in [-0.05, 0) is 13.8 Å². The Balaban J connectivity index is 2.94. The van der Waals surface area contributed by atoms with E-state index in [4.69, 9.17) is 11.8 Å². The molecule has 0 aliphatic carbocycles. The third kappa shape index (κ3) is 3.36. The van der Waals surface area contributed by atoms with Crippen LogP contribution in [0.1, 0.15) is 13.8 Å². The van der Waals surface area contributed by atoms with Gasteiger partial charge in [0.1, 0.15) is 0 Å². The predicted octanol–water partition coefficient (Wildman–Crippen LogP) is -1.43. The molecular formula is C10H18N4O4+2. The fraction of sp³-hybridized carbons (Fsp3) is 0.500. The third-order valence-electron chi connectivity index (χ3n) is 2.61. The largest absolute Gasteiger partial charge is 0.381 e. The number of carbonyl (C=O) groups excluding carboxylic acids is 2. The topological polar surface area (TPSA) is 108 Å². The van der Waals surface area contributed by atoms with Gasteiger partial charge < -0.3 is 9.68 Å². The summed E-state index contributed by atoms with van der Waals surface area (Å²) in [7, 11) is 0. The molecule has 1 heterocycles. The van der Waals surface area contributed by atoms with Crippen molar-refractivity contribution < 1.29 is 28.3 Å². The zero-order valence-corrected chi connectivity index (χ0v) is 10.4. The number of nitrogens with zero attached hydrogens (tertiary/aromatic N) is 2. The van der Waals surface area contributed by atoms with Crippen molar-refractivity contribution in [3.05, 3.63) is 12.4 Å². The van der Waals surface area contributed by atoms with Crippen molar-refractivity contribution in [1.82, 2.24) is 0 Å². The van der Waals surface area contributed by atoms with Gasteiger partial charge in [0.25, 0.3) is 0 Å². The highest BCUT2D eigenvalue weighted by Gasteiger charge is 2.40. The highest BCUT2D eigenvalue weighted by atomic mass is 16.7. The van der Waals surface area contributed by atoms with Crippen LogP contribution in [0.5, 0.6) is 0 Å². The first kappa shape index (κ1) is 14.3. The van der Waals surface area contributed by atoms with Gasteiger partial charge >= 0.3 is 18.3 Å². The second kappa shape index (κ2) is 5.71. The van der Waals surface area contributed by atoms with Gasteiger partial charge in [-0.1, -0.05) is 0 Å². The van der Waals surface area contributed by atoms with Crippen LogP contribution in [-0.4, -0.2) is 46.5 Å². The molecule has 1 aliphatic heterocycles. The SMILES string of the molecule is CC(C)[N+]1=C[N+](CC(=O)ON)(CC(=O)ON)C=C1. The van der Waals surface area contributed by atoms with Crippen molar-refractivity contribution in [3.63, 3.8) is 0 Å². The molecule has 1 rings (SSSR count). The average molecular weight is 258 g/mol. The van der Waals surface area contributed by atoms with Crippen LogP contribution in [0, 0.1) is 0 Å². The summed E-state index contributed by atoms with van der Waals surface area (Å²) in [6.45, 7) is 3.74. The van der Waals surface area contributed by atoms with Crippen LogP contribution in [0.4, 0.5) is 0 Å². The molecule has 0 radical (unpaired) electrons. The van der Waals surface area contributed by atoms with E-state index in [1.807, 2.05) is 18.4 Å². The van der Waals surface area contributed by atoms with Gasteiger partial charge in [0.05, 0.1) is 0 Å². The lowest BCUT2D eigenvalue weighted by Crippen LogP contribution is -2.50. The minimum atomic E-state index is -0.633. The molecule has 0 atom stereocenters. The normalized spacial score (nSPS) is 16.6. The maximum Gasteiger partial charge on any atom is 0.381 e. The molecule has 0 unspecified atom stereocenters. The van der Waals surface area contributed by atoms with E-state index < -0.39 is 11.9 Å². The van der Waals surface area contributed by atoms with Crippen molar-refractivity contribution in [2.75, 3.05) is 13.1 Å². The summed E-state index contributed by atoms with van der Waals surface area (Å²) in [5.74, 6) is 8.36. The number of hydrogen-bond donors (Lipinski definition) is 2. The lowest BCUT2D eigenvalue weighted by molar-refractivity contribution is -0.775. The van der Waals surface area contributed by atoms with Crippen LogP contribution in [0.2, 0.25) is 0 Å². The van der Waals surface area contributed by atoms with Crippen LogP contribution in [0.25, 0.3) is 0 Å². The average Bonchev–Trinajstić information content (AvgIpc) is 2.73. The van der Waals surface area contributed by atoms with Crippen molar-refractivity contribution in [2.24, 2.45) is 11.8 Å². The lowest BCUT2D eigenvalue weighted by Gasteiger charge is -2.20.